The monoisotopic (exact) mass is 132 g/mol. The van der Waals surface area contributed by atoms with Crippen LogP contribution in [0.1, 0.15) is 0 Å². The highest BCUT2D eigenvalue weighted by atomic mass is 15.3. The van der Waals surface area contributed by atoms with Gasteiger partial charge in [0.1, 0.15) is 11.7 Å². The molecule has 10 heavy (non-hydrogen) atoms. The van der Waals surface area contributed by atoms with E-state index in [4.69, 9.17) is 0 Å². The van der Waals surface area contributed by atoms with Crippen molar-refractivity contribution in [1.29, 1.82) is 0 Å². The van der Waals surface area contributed by atoms with E-state index in [0.29, 0.717) is 11.2 Å². The van der Waals surface area contributed by atoms with Gasteiger partial charge in [-0.25, -0.2) is 9.97 Å². The molecule has 47 valence electrons. The molecular formula is C5H2N5. The largest absolute Gasteiger partial charge is 0.249 e. The maximum absolute atomic E-state index is 3.90. The summed E-state index contributed by atoms with van der Waals surface area (Å²) in [6, 6.07) is 0. The molecule has 2 heterocycles. The van der Waals surface area contributed by atoms with Gasteiger partial charge in [0.2, 0.25) is 5.65 Å². The molecule has 0 saturated carbocycles. The zero-order chi connectivity index (χ0) is 6.81. The highest BCUT2D eigenvalue weighted by molar-refractivity contribution is 5.65. The molecule has 2 rings (SSSR count). The van der Waals surface area contributed by atoms with Gasteiger partial charge in [-0.1, -0.05) is 0 Å². The molecule has 1 radical (unpaired) electrons. The third kappa shape index (κ3) is 0.680. The first kappa shape index (κ1) is 5.16. The van der Waals surface area contributed by atoms with E-state index in [-0.39, 0.29) is 0 Å². The lowest BCUT2D eigenvalue weighted by Crippen LogP contribution is -1.91. The molecule has 5 nitrogen and oxygen atoms in total. The minimum atomic E-state index is 0.470. The average Bonchev–Trinajstić information content (AvgIpc) is 2.05. The van der Waals surface area contributed by atoms with Gasteiger partial charge < -0.3 is 0 Å². The number of aromatic nitrogens is 5. The van der Waals surface area contributed by atoms with E-state index in [2.05, 4.69) is 31.6 Å². The van der Waals surface area contributed by atoms with Crippen LogP contribution in [0.3, 0.4) is 0 Å². The highest BCUT2D eigenvalue weighted by Crippen LogP contribution is 1.96. The van der Waals surface area contributed by atoms with Gasteiger partial charge in [0.05, 0.1) is 0 Å². The second-order valence-corrected chi connectivity index (χ2v) is 1.63. The molecule has 2 aromatic heterocycles. The van der Waals surface area contributed by atoms with Gasteiger partial charge in [-0.05, 0) is 5.21 Å². The van der Waals surface area contributed by atoms with Crippen molar-refractivity contribution in [1.82, 2.24) is 25.4 Å². The van der Waals surface area contributed by atoms with Crippen LogP contribution < -0.4 is 0 Å². The van der Waals surface area contributed by atoms with E-state index in [0.717, 1.165) is 0 Å². The van der Waals surface area contributed by atoms with E-state index in [9.17, 15) is 0 Å². The number of hydrogen-bond acceptors (Lipinski definition) is 5. The SMILES string of the molecule is [c]1nnnc2nccnc12. The standard InChI is InChI=1S/C5H2N5/c1-2-7-5-4(6-1)3-8-10-9-5/h1-2H. The molecule has 0 N–H and O–H groups in total. The van der Waals surface area contributed by atoms with E-state index in [1.165, 1.54) is 0 Å². The Bertz CT molecular complexity index is 281. The Hall–Kier alpha value is -1.65. The Morgan fingerprint density at radius 2 is 2.10 bits per heavy atom. The van der Waals surface area contributed by atoms with Crippen molar-refractivity contribution in [2.75, 3.05) is 0 Å². The molecule has 0 saturated heterocycles. The quantitative estimate of drug-likeness (QED) is 0.488. The summed E-state index contributed by atoms with van der Waals surface area (Å²) in [5, 5.41) is 10.4. The summed E-state index contributed by atoms with van der Waals surface area (Å²) in [5.74, 6) is 0. The fourth-order valence-electron chi connectivity index (χ4n) is 0.617. The fraction of sp³-hybridized carbons (Fsp3) is 0. The lowest BCUT2D eigenvalue weighted by atomic mass is 10.5. The summed E-state index contributed by atoms with van der Waals surface area (Å²) in [6.07, 6.45) is 5.66. The van der Waals surface area contributed by atoms with Crippen LogP contribution in [0, 0.1) is 6.20 Å². The van der Waals surface area contributed by atoms with Crippen LogP contribution in [0.5, 0.6) is 0 Å². The summed E-state index contributed by atoms with van der Waals surface area (Å²) in [7, 11) is 0. The van der Waals surface area contributed by atoms with Crippen LogP contribution in [-0.2, 0) is 0 Å². The molecule has 0 aliphatic rings. The smallest absolute Gasteiger partial charge is 0.204 e. The molecule has 0 bridgehead atoms. The van der Waals surface area contributed by atoms with E-state index < -0.39 is 0 Å². The van der Waals surface area contributed by atoms with Crippen LogP contribution in [0.2, 0.25) is 0 Å². The van der Waals surface area contributed by atoms with Crippen molar-refractivity contribution in [2.45, 2.75) is 0 Å². The van der Waals surface area contributed by atoms with Gasteiger partial charge in [-0.15, -0.1) is 10.2 Å². The summed E-state index contributed by atoms with van der Waals surface area (Å²) < 4.78 is 0. The Kier molecular flexibility index (Phi) is 1.00. The lowest BCUT2D eigenvalue weighted by molar-refractivity contribution is 0.875. The van der Waals surface area contributed by atoms with Crippen LogP contribution in [0.25, 0.3) is 11.2 Å². The van der Waals surface area contributed by atoms with Crippen LogP contribution >= 0.6 is 0 Å². The fourth-order valence-corrected chi connectivity index (χ4v) is 0.617. The molecule has 0 aliphatic carbocycles. The lowest BCUT2D eigenvalue weighted by Gasteiger charge is -1.86. The maximum Gasteiger partial charge on any atom is 0.204 e. The van der Waals surface area contributed by atoms with Crippen molar-refractivity contribution in [2.24, 2.45) is 0 Å². The Balaban J connectivity index is 2.89. The molecule has 0 amide bonds. The molecule has 0 aromatic carbocycles. The molecule has 0 aliphatic heterocycles. The molecule has 0 atom stereocenters. The molecule has 0 unspecified atom stereocenters. The summed E-state index contributed by atoms with van der Waals surface area (Å²) in [4.78, 5) is 7.77. The maximum atomic E-state index is 3.90. The first-order valence-electron chi connectivity index (χ1n) is 2.64. The van der Waals surface area contributed by atoms with E-state index in [1.54, 1.807) is 12.4 Å². The predicted octanol–water partition coefficient (Wildman–Crippen LogP) is -0.385. The molecule has 0 fully saturated rings. The first-order chi connectivity index (χ1) is 4.97. The Labute approximate surface area is 56.1 Å². The van der Waals surface area contributed by atoms with Crippen molar-refractivity contribution < 1.29 is 0 Å². The highest BCUT2D eigenvalue weighted by Gasteiger charge is 1.93. The summed E-state index contributed by atoms with van der Waals surface area (Å²) in [6.45, 7) is 0. The van der Waals surface area contributed by atoms with Gasteiger partial charge in [0.25, 0.3) is 0 Å². The second kappa shape index (κ2) is 1.94. The number of rotatable bonds is 0. The topological polar surface area (TPSA) is 64.5 Å². The first-order valence-corrected chi connectivity index (χ1v) is 2.64. The van der Waals surface area contributed by atoms with Crippen molar-refractivity contribution in [3.8, 4) is 0 Å². The van der Waals surface area contributed by atoms with Gasteiger partial charge >= 0.3 is 0 Å². The van der Waals surface area contributed by atoms with E-state index in [1.807, 2.05) is 0 Å². The molecule has 2 aromatic rings. The Morgan fingerprint density at radius 3 is 3.00 bits per heavy atom. The van der Waals surface area contributed by atoms with Gasteiger partial charge in [0, 0.05) is 12.4 Å². The van der Waals surface area contributed by atoms with Gasteiger partial charge in [-0.2, -0.15) is 0 Å². The second-order valence-electron chi connectivity index (χ2n) is 1.63. The van der Waals surface area contributed by atoms with Crippen molar-refractivity contribution in [3.05, 3.63) is 18.6 Å². The zero-order valence-electron chi connectivity index (χ0n) is 4.89. The molecule has 0 spiro atoms. The summed E-state index contributed by atoms with van der Waals surface area (Å²) >= 11 is 0. The van der Waals surface area contributed by atoms with Crippen LogP contribution in [0.4, 0.5) is 0 Å². The Morgan fingerprint density at radius 1 is 1.20 bits per heavy atom. The minimum absolute atomic E-state index is 0.470. The minimum Gasteiger partial charge on any atom is -0.249 e. The zero-order valence-corrected chi connectivity index (χ0v) is 4.89. The number of nitrogens with zero attached hydrogens (tertiary/aromatic N) is 5. The van der Waals surface area contributed by atoms with Crippen LogP contribution in [0.15, 0.2) is 12.4 Å². The average molecular weight is 132 g/mol. The number of fused-ring (bicyclic) bond motifs is 1. The van der Waals surface area contributed by atoms with Crippen molar-refractivity contribution in [3.63, 3.8) is 0 Å². The van der Waals surface area contributed by atoms with Gasteiger partial charge in [-0.3, -0.25) is 0 Å². The van der Waals surface area contributed by atoms with Crippen molar-refractivity contribution >= 4 is 11.2 Å². The third-order valence-electron chi connectivity index (χ3n) is 1.02. The summed E-state index contributed by atoms with van der Waals surface area (Å²) in [5.41, 5.74) is 1.01. The van der Waals surface area contributed by atoms with Crippen LogP contribution in [-0.4, -0.2) is 25.4 Å². The van der Waals surface area contributed by atoms with E-state index >= 15 is 0 Å². The third-order valence-corrected chi connectivity index (χ3v) is 1.02. The number of hydrogen-bond donors (Lipinski definition) is 0. The predicted molar refractivity (Wildman–Crippen MR) is 31.8 cm³/mol. The normalized spacial score (nSPS) is 10.0. The molecule has 5 heteroatoms. The molecular weight excluding hydrogens is 130 g/mol. The van der Waals surface area contributed by atoms with Gasteiger partial charge in [0.15, 0.2) is 0 Å².